The van der Waals surface area contributed by atoms with Crippen LogP contribution in [0.4, 0.5) is 9.52 Å². The number of anilines is 1. The highest BCUT2D eigenvalue weighted by atomic mass is 32.2. The second-order valence-electron chi connectivity index (χ2n) is 8.37. The number of hydrogen-bond donors (Lipinski definition) is 1. The molecule has 1 N–H and O–H groups in total. The van der Waals surface area contributed by atoms with E-state index < -0.39 is 34.4 Å². The summed E-state index contributed by atoms with van der Waals surface area (Å²) >= 11 is 1.20. The molecule has 12 heteroatoms. The first-order valence-corrected chi connectivity index (χ1v) is 13.5. The summed E-state index contributed by atoms with van der Waals surface area (Å²) in [7, 11) is -3.76. The molecule has 9 nitrogen and oxygen atoms in total. The third kappa shape index (κ3) is 5.00. The second-order valence-corrected chi connectivity index (χ2v) is 10.8. The number of likely N-dealkylation sites (tertiary alicyclic amines) is 1. The Balaban J connectivity index is 1.16. The smallest absolute Gasteiger partial charge is 0.311 e. The van der Waals surface area contributed by atoms with Gasteiger partial charge in [0.1, 0.15) is 10.7 Å². The molecule has 0 bridgehead atoms. The fourth-order valence-corrected chi connectivity index (χ4v) is 6.14. The first kappa shape index (κ1) is 24.1. The Morgan fingerprint density at radius 2 is 1.94 bits per heavy atom. The van der Waals surface area contributed by atoms with E-state index >= 15 is 0 Å². The number of aromatic nitrogens is 1. The predicted molar refractivity (Wildman–Crippen MR) is 132 cm³/mol. The largest absolute Gasteiger partial charge is 0.455 e. The fraction of sp³-hybridized carbons (Fsp3) is 0.250. The number of nitrogens with zero attached hydrogens (tertiary/aromatic N) is 3. The predicted octanol–water partition coefficient (Wildman–Crippen LogP) is 3.29. The Labute approximate surface area is 210 Å². The summed E-state index contributed by atoms with van der Waals surface area (Å²) < 4.78 is 47.0. The molecule has 0 radical (unpaired) electrons. The van der Waals surface area contributed by atoms with Crippen LogP contribution >= 0.6 is 11.3 Å². The van der Waals surface area contributed by atoms with Crippen molar-refractivity contribution < 1.29 is 27.1 Å². The monoisotopic (exact) mass is 528 g/mol. The van der Waals surface area contributed by atoms with Crippen LogP contribution in [0.3, 0.4) is 0 Å². The number of fused-ring (bicyclic) bond motifs is 1. The number of carbonyl (C=O) groups excluding carboxylic acids is 2. The van der Waals surface area contributed by atoms with Crippen molar-refractivity contribution in [1.29, 1.82) is 0 Å². The molecule has 5 rings (SSSR count). The van der Waals surface area contributed by atoms with E-state index in [1.165, 1.54) is 29.5 Å². The lowest BCUT2D eigenvalue weighted by Crippen LogP contribution is -2.43. The van der Waals surface area contributed by atoms with Crippen LogP contribution in [0.25, 0.3) is 11.3 Å². The summed E-state index contributed by atoms with van der Waals surface area (Å²) in [5, 5.41) is 4.66. The van der Waals surface area contributed by atoms with Gasteiger partial charge in [0.25, 0.3) is 15.9 Å². The van der Waals surface area contributed by atoms with E-state index in [0.717, 1.165) is 0 Å². The zero-order valence-electron chi connectivity index (χ0n) is 18.9. The minimum Gasteiger partial charge on any atom is -0.455 e. The number of esters is 1. The highest BCUT2D eigenvalue weighted by Gasteiger charge is 2.35. The maximum absolute atomic E-state index is 13.1. The van der Waals surface area contributed by atoms with E-state index in [0.29, 0.717) is 47.2 Å². The van der Waals surface area contributed by atoms with Gasteiger partial charge in [-0.05, 0) is 49.2 Å². The number of hydrogen-bond acceptors (Lipinski definition) is 8. The van der Waals surface area contributed by atoms with E-state index in [-0.39, 0.29) is 17.3 Å². The molecule has 3 heterocycles. The average molecular weight is 529 g/mol. The van der Waals surface area contributed by atoms with Crippen molar-refractivity contribution in [2.24, 2.45) is 10.3 Å². The van der Waals surface area contributed by atoms with Gasteiger partial charge in [0.2, 0.25) is 0 Å². The molecular weight excluding hydrogens is 507 g/mol. The molecule has 1 atom stereocenters. The second kappa shape index (κ2) is 9.78. The Morgan fingerprint density at radius 3 is 2.75 bits per heavy atom. The Morgan fingerprint density at radius 1 is 1.17 bits per heavy atom. The summed E-state index contributed by atoms with van der Waals surface area (Å²) in [6.45, 7) is 0.336. The Hall–Kier alpha value is -3.64. The number of rotatable bonds is 5. The number of halogens is 1. The molecule has 0 spiro atoms. The van der Waals surface area contributed by atoms with Crippen molar-refractivity contribution in [2.45, 2.75) is 17.7 Å². The van der Waals surface area contributed by atoms with Crippen molar-refractivity contribution in [3.8, 4) is 11.3 Å². The van der Waals surface area contributed by atoms with Crippen LogP contribution in [0.5, 0.6) is 0 Å². The molecule has 1 fully saturated rings. The standard InChI is InChI=1S/C24H21FN4O5S2/c25-17-9-7-15(8-10-17)19-14-35-24(26-19)27-21(30)13-34-23(31)16-4-3-11-29(12-16)22-18-5-1-2-6-20(18)36(32,33)28-22/h1-2,5-10,14,16H,3-4,11-13H2,(H,26,27,30)/t16-/m1/s1. The molecule has 0 saturated carbocycles. The SMILES string of the molecule is O=C(COC(=O)[C@@H]1CCCN(C2=NS(=O)(=O)c3ccccc32)C1)Nc1nc(-c2ccc(F)cc2)cs1. The first-order chi connectivity index (χ1) is 17.3. The van der Waals surface area contributed by atoms with Crippen LogP contribution in [-0.4, -0.2) is 55.7 Å². The molecule has 0 unspecified atom stereocenters. The van der Waals surface area contributed by atoms with Gasteiger partial charge in [-0.3, -0.25) is 14.9 Å². The molecule has 1 saturated heterocycles. The molecule has 1 aromatic heterocycles. The van der Waals surface area contributed by atoms with Gasteiger partial charge in [0.05, 0.1) is 11.6 Å². The Kier molecular flexibility index (Phi) is 6.54. The molecule has 2 aliphatic rings. The van der Waals surface area contributed by atoms with E-state index in [1.807, 2.05) is 0 Å². The maximum Gasteiger partial charge on any atom is 0.311 e. The lowest BCUT2D eigenvalue weighted by molar-refractivity contribution is -0.152. The van der Waals surface area contributed by atoms with Gasteiger partial charge in [-0.25, -0.2) is 9.37 Å². The number of carbonyl (C=O) groups is 2. The van der Waals surface area contributed by atoms with E-state index in [4.69, 9.17) is 4.74 Å². The Bertz CT molecular complexity index is 1450. The zero-order chi connectivity index (χ0) is 25.3. The third-order valence-electron chi connectivity index (χ3n) is 5.90. The first-order valence-electron chi connectivity index (χ1n) is 11.2. The number of sulfonamides is 1. The fourth-order valence-electron chi connectivity index (χ4n) is 4.17. The van der Waals surface area contributed by atoms with Gasteiger partial charge in [0, 0.05) is 29.6 Å². The van der Waals surface area contributed by atoms with Gasteiger partial charge in [-0.1, -0.05) is 12.1 Å². The average Bonchev–Trinajstić information content (AvgIpc) is 3.45. The van der Waals surface area contributed by atoms with Gasteiger partial charge >= 0.3 is 5.97 Å². The van der Waals surface area contributed by atoms with Gasteiger partial charge in [-0.2, -0.15) is 8.42 Å². The number of amides is 1. The molecule has 0 aliphatic carbocycles. The van der Waals surface area contributed by atoms with Gasteiger partial charge < -0.3 is 9.64 Å². The highest BCUT2D eigenvalue weighted by Crippen LogP contribution is 2.30. The van der Waals surface area contributed by atoms with E-state index in [2.05, 4.69) is 14.7 Å². The van der Waals surface area contributed by atoms with Crippen molar-refractivity contribution in [3.63, 3.8) is 0 Å². The van der Waals surface area contributed by atoms with Crippen LogP contribution in [-0.2, 0) is 24.3 Å². The number of amidine groups is 1. The highest BCUT2D eigenvalue weighted by molar-refractivity contribution is 7.90. The number of benzene rings is 2. The van der Waals surface area contributed by atoms with Gasteiger partial charge in [0.15, 0.2) is 17.6 Å². The molecular formula is C24H21FN4O5S2. The minimum absolute atomic E-state index is 0.158. The topological polar surface area (TPSA) is 118 Å². The lowest BCUT2D eigenvalue weighted by atomic mass is 9.97. The van der Waals surface area contributed by atoms with Crippen LogP contribution in [0.15, 0.2) is 63.2 Å². The van der Waals surface area contributed by atoms with E-state index in [1.54, 1.807) is 40.6 Å². The van der Waals surface area contributed by atoms with Crippen LogP contribution in [0.1, 0.15) is 18.4 Å². The molecule has 3 aromatic rings. The molecule has 186 valence electrons. The van der Waals surface area contributed by atoms with E-state index in [9.17, 15) is 22.4 Å². The zero-order valence-corrected chi connectivity index (χ0v) is 20.5. The lowest BCUT2D eigenvalue weighted by Gasteiger charge is -2.32. The number of ether oxygens (including phenoxy) is 1. The molecule has 36 heavy (non-hydrogen) atoms. The quantitative estimate of drug-likeness (QED) is 0.505. The van der Waals surface area contributed by atoms with Crippen LogP contribution in [0, 0.1) is 11.7 Å². The number of piperidine rings is 1. The molecule has 2 aromatic carbocycles. The summed E-state index contributed by atoms with van der Waals surface area (Å²) in [5.74, 6) is -1.60. The van der Waals surface area contributed by atoms with Crippen molar-refractivity contribution in [1.82, 2.24) is 9.88 Å². The summed E-state index contributed by atoms with van der Waals surface area (Å²) in [6.07, 6.45) is 1.21. The van der Waals surface area contributed by atoms with Crippen molar-refractivity contribution in [3.05, 3.63) is 65.3 Å². The van der Waals surface area contributed by atoms with Crippen LogP contribution < -0.4 is 5.32 Å². The van der Waals surface area contributed by atoms with Crippen molar-refractivity contribution in [2.75, 3.05) is 25.0 Å². The normalized spacial score (nSPS) is 18.3. The molecule has 1 amide bonds. The molecule has 2 aliphatic heterocycles. The number of nitrogens with one attached hydrogen (secondary N) is 1. The summed E-state index contributed by atoms with van der Waals surface area (Å²) in [6, 6.07) is 12.4. The van der Waals surface area contributed by atoms with Crippen LogP contribution in [0.2, 0.25) is 0 Å². The summed E-state index contributed by atoms with van der Waals surface area (Å²) in [4.78, 5) is 31.2. The summed E-state index contributed by atoms with van der Waals surface area (Å²) in [5.41, 5.74) is 1.83. The van der Waals surface area contributed by atoms with Gasteiger partial charge in [-0.15, -0.1) is 15.7 Å². The van der Waals surface area contributed by atoms with Crippen molar-refractivity contribution >= 4 is 44.2 Å². The minimum atomic E-state index is -3.76. The number of thiazole rings is 1. The maximum atomic E-state index is 13.1. The third-order valence-corrected chi connectivity index (χ3v) is 7.99.